The zero-order valence-electron chi connectivity index (χ0n) is 14.5. The van der Waals surface area contributed by atoms with Crippen molar-refractivity contribution in [3.63, 3.8) is 0 Å². The fourth-order valence-electron chi connectivity index (χ4n) is 3.16. The molecule has 0 fully saturated rings. The molecular weight excluding hydrogens is 322 g/mol. The summed E-state index contributed by atoms with van der Waals surface area (Å²) in [5.41, 5.74) is 2.15. The van der Waals surface area contributed by atoms with Crippen LogP contribution in [0.4, 0.5) is 4.79 Å². The Morgan fingerprint density at radius 3 is 2.68 bits per heavy atom. The van der Waals surface area contributed by atoms with E-state index in [0.717, 1.165) is 17.7 Å². The molecule has 2 heterocycles. The first-order chi connectivity index (χ1) is 12.1. The largest absolute Gasteiger partial charge is 0.497 e. The van der Waals surface area contributed by atoms with Crippen molar-refractivity contribution >= 4 is 11.9 Å². The van der Waals surface area contributed by atoms with Crippen molar-refractivity contribution in [2.75, 3.05) is 33.4 Å². The van der Waals surface area contributed by atoms with E-state index in [9.17, 15) is 9.59 Å². The molecule has 3 amide bonds. The van der Waals surface area contributed by atoms with E-state index >= 15 is 0 Å². The molecule has 0 aliphatic carbocycles. The summed E-state index contributed by atoms with van der Waals surface area (Å²) in [5.74, 6) is 0.688. The average molecular weight is 345 g/mol. The second-order valence-electron chi connectivity index (χ2n) is 5.97. The summed E-state index contributed by atoms with van der Waals surface area (Å²) < 4.78 is 10.5. The molecule has 134 valence electrons. The van der Waals surface area contributed by atoms with Gasteiger partial charge in [-0.25, -0.2) is 4.79 Å². The maximum absolute atomic E-state index is 12.8. The zero-order valence-corrected chi connectivity index (χ0v) is 14.5. The SMILES string of the molecule is CCOCCCN1CC2=C(C1=O)C(c1ccc(OC)cc1)NC(=O)N2. The Labute approximate surface area is 147 Å². The van der Waals surface area contributed by atoms with E-state index < -0.39 is 6.04 Å². The minimum Gasteiger partial charge on any atom is -0.497 e. The molecule has 7 nitrogen and oxygen atoms in total. The predicted molar refractivity (Wildman–Crippen MR) is 92.1 cm³/mol. The smallest absolute Gasteiger partial charge is 0.319 e. The maximum atomic E-state index is 12.8. The van der Waals surface area contributed by atoms with Gasteiger partial charge in [0.2, 0.25) is 0 Å². The second kappa shape index (κ2) is 7.57. The highest BCUT2D eigenvalue weighted by atomic mass is 16.5. The number of carbonyl (C=O) groups is 2. The van der Waals surface area contributed by atoms with Crippen LogP contribution in [0.5, 0.6) is 5.75 Å². The van der Waals surface area contributed by atoms with Crippen molar-refractivity contribution in [1.29, 1.82) is 0 Å². The fourth-order valence-corrected chi connectivity index (χ4v) is 3.16. The lowest BCUT2D eigenvalue weighted by Gasteiger charge is -2.25. The van der Waals surface area contributed by atoms with E-state index in [0.29, 0.717) is 37.6 Å². The van der Waals surface area contributed by atoms with Crippen molar-refractivity contribution < 1.29 is 19.1 Å². The Morgan fingerprint density at radius 1 is 1.24 bits per heavy atom. The van der Waals surface area contributed by atoms with Gasteiger partial charge in [-0.15, -0.1) is 0 Å². The van der Waals surface area contributed by atoms with Crippen LogP contribution in [-0.2, 0) is 9.53 Å². The maximum Gasteiger partial charge on any atom is 0.319 e. The number of carbonyl (C=O) groups excluding carboxylic acids is 2. The van der Waals surface area contributed by atoms with Gasteiger partial charge in [0, 0.05) is 19.8 Å². The highest BCUT2D eigenvalue weighted by Crippen LogP contribution is 2.33. The Hall–Kier alpha value is -2.54. The lowest BCUT2D eigenvalue weighted by atomic mass is 9.96. The van der Waals surface area contributed by atoms with Crippen molar-refractivity contribution in [2.45, 2.75) is 19.4 Å². The van der Waals surface area contributed by atoms with Gasteiger partial charge in [-0.2, -0.15) is 0 Å². The van der Waals surface area contributed by atoms with Crippen LogP contribution in [0.25, 0.3) is 0 Å². The molecule has 1 atom stereocenters. The standard InChI is InChI=1S/C18H23N3O4/c1-3-25-10-4-9-21-11-14-15(17(21)22)16(20-18(23)19-14)12-5-7-13(24-2)8-6-12/h5-8,16H,3-4,9-11H2,1-2H3,(H2,19,20,23). The van der Waals surface area contributed by atoms with Crippen LogP contribution in [0.3, 0.4) is 0 Å². The molecule has 7 heteroatoms. The van der Waals surface area contributed by atoms with E-state index in [1.54, 1.807) is 12.0 Å². The minimum atomic E-state index is -0.445. The van der Waals surface area contributed by atoms with E-state index in [1.807, 2.05) is 31.2 Å². The number of methoxy groups -OCH3 is 1. The van der Waals surface area contributed by atoms with E-state index in [-0.39, 0.29) is 11.9 Å². The lowest BCUT2D eigenvalue weighted by Crippen LogP contribution is -2.44. The Balaban J connectivity index is 1.77. The highest BCUT2D eigenvalue weighted by Gasteiger charge is 2.40. The Kier molecular flexibility index (Phi) is 5.23. The van der Waals surface area contributed by atoms with Crippen molar-refractivity contribution in [3.8, 4) is 5.75 Å². The van der Waals surface area contributed by atoms with Gasteiger partial charge in [0.25, 0.3) is 5.91 Å². The van der Waals surface area contributed by atoms with E-state index in [1.165, 1.54) is 0 Å². The van der Waals surface area contributed by atoms with Crippen LogP contribution in [0, 0.1) is 0 Å². The number of urea groups is 1. The summed E-state index contributed by atoms with van der Waals surface area (Å²) in [4.78, 5) is 26.6. The van der Waals surface area contributed by atoms with Crippen molar-refractivity contribution in [1.82, 2.24) is 15.5 Å². The van der Waals surface area contributed by atoms with E-state index in [2.05, 4.69) is 10.6 Å². The monoisotopic (exact) mass is 345 g/mol. The summed E-state index contributed by atoms with van der Waals surface area (Å²) in [6.07, 6.45) is 0.773. The van der Waals surface area contributed by atoms with Crippen molar-refractivity contribution in [2.24, 2.45) is 0 Å². The van der Waals surface area contributed by atoms with E-state index in [4.69, 9.17) is 9.47 Å². The third-order valence-electron chi connectivity index (χ3n) is 4.39. The molecule has 2 aliphatic heterocycles. The van der Waals surface area contributed by atoms with Crippen LogP contribution < -0.4 is 15.4 Å². The van der Waals surface area contributed by atoms with Gasteiger partial charge in [-0.1, -0.05) is 12.1 Å². The number of nitrogens with zero attached hydrogens (tertiary/aromatic N) is 1. The molecule has 1 aromatic rings. The van der Waals surface area contributed by atoms with Crippen LogP contribution in [0.2, 0.25) is 0 Å². The van der Waals surface area contributed by atoms with Gasteiger partial charge in [-0.05, 0) is 31.0 Å². The number of benzene rings is 1. The first-order valence-electron chi connectivity index (χ1n) is 8.45. The number of hydrogen-bond acceptors (Lipinski definition) is 4. The Morgan fingerprint density at radius 2 is 2.00 bits per heavy atom. The van der Waals surface area contributed by atoms with Crippen LogP contribution >= 0.6 is 0 Å². The molecule has 3 rings (SSSR count). The summed E-state index contributed by atoms with van der Waals surface area (Å²) >= 11 is 0. The summed E-state index contributed by atoms with van der Waals surface area (Å²) in [7, 11) is 1.60. The summed E-state index contributed by atoms with van der Waals surface area (Å²) in [6.45, 7) is 4.28. The van der Waals surface area contributed by atoms with Crippen LogP contribution in [0.15, 0.2) is 35.5 Å². The number of ether oxygens (including phenoxy) is 2. The number of amides is 3. The molecule has 1 unspecified atom stereocenters. The van der Waals surface area contributed by atoms with Gasteiger partial charge in [0.15, 0.2) is 0 Å². The second-order valence-corrected chi connectivity index (χ2v) is 5.97. The molecule has 1 aromatic carbocycles. The number of nitrogens with one attached hydrogen (secondary N) is 2. The normalized spacial score (nSPS) is 19.6. The molecule has 0 aromatic heterocycles. The predicted octanol–water partition coefficient (Wildman–Crippen LogP) is 1.57. The third-order valence-corrected chi connectivity index (χ3v) is 4.39. The first kappa shape index (κ1) is 17.3. The fraction of sp³-hybridized carbons (Fsp3) is 0.444. The van der Waals surface area contributed by atoms with Crippen LogP contribution in [-0.4, -0.2) is 50.3 Å². The summed E-state index contributed by atoms with van der Waals surface area (Å²) in [5, 5.41) is 5.62. The van der Waals surface area contributed by atoms with Crippen LogP contribution in [0.1, 0.15) is 24.9 Å². The lowest BCUT2D eigenvalue weighted by molar-refractivity contribution is -0.126. The van der Waals surface area contributed by atoms with Gasteiger partial charge < -0.3 is 25.0 Å². The minimum absolute atomic E-state index is 0.0418. The number of hydrogen-bond donors (Lipinski definition) is 2. The number of rotatable bonds is 7. The molecule has 0 radical (unpaired) electrons. The van der Waals surface area contributed by atoms with Crippen molar-refractivity contribution in [3.05, 3.63) is 41.1 Å². The molecule has 25 heavy (non-hydrogen) atoms. The summed E-state index contributed by atoms with van der Waals surface area (Å²) in [6, 6.07) is 6.64. The van der Waals surface area contributed by atoms with Gasteiger partial charge in [-0.3, -0.25) is 4.79 Å². The van der Waals surface area contributed by atoms with Gasteiger partial charge in [0.05, 0.1) is 31.0 Å². The zero-order chi connectivity index (χ0) is 17.8. The molecule has 2 aliphatic rings. The average Bonchev–Trinajstić information content (AvgIpc) is 2.94. The molecule has 0 saturated heterocycles. The topological polar surface area (TPSA) is 79.9 Å². The first-order valence-corrected chi connectivity index (χ1v) is 8.45. The quantitative estimate of drug-likeness (QED) is 0.735. The molecular formula is C18H23N3O4. The molecule has 0 spiro atoms. The van der Waals surface area contributed by atoms with Gasteiger partial charge >= 0.3 is 6.03 Å². The molecule has 0 bridgehead atoms. The van der Waals surface area contributed by atoms with Gasteiger partial charge in [0.1, 0.15) is 5.75 Å². The third kappa shape index (κ3) is 3.61. The molecule has 0 saturated carbocycles. The Bertz CT molecular complexity index is 684. The molecule has 2 N–H and O–H groups in total. The highest BCUT2D eigenvalue weighted by molar-refractivity contribution is 6.01.